The van der Waals surface area contributed by atoms with E-state index in [9.17, 15) is 4.79 Å². The van der Waals surface area contributed by atoms with Gasteiger partial charge < -0.3 is 10.0 Å². The number of thiazole rings is 1. The van der Waals surface area contributed by atoms with Gasteiger partial charge in [0.25, 0.3) is 0 Å². The van der Waals surface area contributed by atoms with Gasteiger partial charge in [0.1, 0.15) is 0 Å². The van der Waals surface area contributed by atoms with Crippen LogP contribution in [0, 0.1) is 5.41 Å². The molecule has 0 bridgehead atoms. The largest absolute Gasteiger partial charge is 0.477 e. The second kappa shape index (κ2) is 4.59. The summed E-state index contributed by atoms with van der Waals surface area (Å²) in [5.41, 5.74) is 0.121. The van der Waals surface area contributed by atoms with Crippen molar-refractivity contribution >= 4 is 34.0 Å². The Morgan fingerprint density at radius 2 is 2.12 bits per heavy atom. The number of rotatable bonds is 3. The van der Waals surface area contributed by atoms with E-state index in [0.29, 0.717) is 5.13 Å². The van der Waals surface area contributed by atoms with Crippen molar-refractivity contribution in [3.05, 3.63) is 10.0 Å². The minimum atomic E-state index is -1.03. The standard InChI is InChI=1S/C10H15ClN2O2S/c1-10(2,3)5-13(4)9-12-7(11)6(16-9)8(14)15/h5H2,1-4H3,(H,14,15). The zero-order valence-electron chi connectivity index (χ0n) is 9.74. The maximum Gasteiger partial charge on any atom is 0.349 e. The molecule has 0 atom stereocenters. The Morgan fingerprint density at radius 3 is 2.50 bits per heavy atom. The Bertz CT molecular complexity index is 398. The van der Waals surface area contributed by atoms with E-state index in [1.165, 1.54) is 0 Å². The Balaban J connectivity index is 2.89. The second-order valence-electron chi connectivity index (χ2n) is 4.84. The lowest BCUT2D eigenvalue weighted by molar-refractivity contribution is 0.0702. The molecular formula is C10H15ClN2O2S. The van der Waals surface area contributed by atoms with Crippen LogP contribution in [0.1, 0.15) is 30.4 Å². The Kier molecular flexibility index (Phi) is 3.80. The maximum absolute atomic E-state index is 10.8. The molecule has 0 spiro atoms. The number of carboxylic acids is 1. The lowest BCUT2D eigenvalue weighted by Gasteiger charge is -2.25. The predicted molar refractivity (Wildman–Crippen MR) is 66.8 cm³/mol. The van der Waals surface area contributed by atoms with E-state index in [0.717, 1.165) is 17.9 Å². The molecule has 0 aromatic carbocycles. The predicted octanol–water partition coefficient (Wildman–Crippen LogP) is 2.98. The first kappa shape index (κ1) is 13.3. The van der Waals surface area contributed by atoms with Crippen LogP contribution in [0.4, 0.5) is 5.13 Å². The van der Waals surface area contributed by atoms with Gasteiger partial charge in [0, 0.05) is 13.6 Å². The van der Waals surface area contributed by atoms with Gasteiger partial charge in [-0.15, -0.1) is 0 Å². The summed E-state index contributed by atoms with van der Waals surface area (Å²) in [4.78, 5) is 16.9. The maximum atomic E-state index is 10.8. The van der Waals surface area contributed by atoms with Crippen LogP contribution in [0.2, 0.25) is 5.15 Å². The van der Waals surface area contributed by atoms with Crippen molar-refractivity contribution < 1.29 is 9.90 Å². The highest BCUT2D eigenvalue weighted by molar-refractivity contribution is 7.18. The fourth-order valence-corrected chi connectivity index (χ4v) is 2.45. The van der Waals surface area contributed by atoms with Crippen LogP contribution < -0.4 is 4.90 Å². The smallest absolute Gasteiger partial charge is 0.349 e. The van der Waals surface area contributed by atoms with Gasteiger partial charge in [-0.2, -0.15) is 0 Å². The minimum absolute atomic E-state index is 0.0632. The topological polar surface area (TPSA) is 53.4 Å². The van der Waals surface area contributed by atoms with Crippen molar-refractivity contribution in [2.45, 2.75) is 20.8 Å². The molecule has 1 aromatic heterocycles. The number of hydrogen-bond acceptors (Lipinski definition) is 4. The average Bonchev–Trinajstić information content (AvgIpc) is 2.44. The molecule has 0 fully saturated rings. The first-order valence-corrected chi connectivity index (χ1v) is 6.01. The molecule has 0 radical (unpaired) electrons. The number of nitrogens with zero attached hydrogens (tertiary/aromatic N) is 2. The first-order valence-electron chi connectivity index (χ1n) is 4.81. The second-order valence-corrected chi connectivity index (χ2v) is 6.17. The number of anilines is 1. The molecule has 6 heteroatoms. The van der Waals surface area contributed by atoms with Crippen LogP contribution in [0.5, 0.6) is 0 Å². The summed E-state index contributed by atoms with van der Waals surface area (Å²) in [6.45, 7) is 7.11. The van der Waals surface area contributed by atoms with E-state index < -0.39 is 5.97 Å². The normalized spacial score (nSPS) is 11.6. The molecule has 1 heterocycles. The third kappa shape index (κ3) is 3.35. The van der Waals surface area contributed by atoms with Crippen LogP contribution in [-0.4, -0.2) is 29.7 Å². The van der Waals surface area contributed by atoms with Crippen molar-refractivity contribution in [1.82, 2.24) is 4.98 Å². The summed E-state index contributed by atoms with van der Waals surface area (Å²) in [7, 11) is 1.88. The van der Waals surface area contributed by atoms with Crippen LogP contribution in [0.3, 0.4) is 0 Å². The molecule has 0 saturated carbocycles. The minimum Gasteiger partial charge on any atom is -0.477 e. The van der Waals surface area contributed by atoms with Crippen LogP contribution in [-0.2, 0) is 0 Å². The van der Waals surface area contributed by atoms with Crippen LogP contribution in [0.15, 0.2) is 0 Å². The Hall–Kier alpha value is -0.810. The zero-order valence-corrected chi connectivity index (χ0v) is 11.3. The monoisotopic (exact) mass is 262 g/mol. The van der Waals surface area contributed by atoms with E-state index in [2.05, 4.69) is 25.8 Å². The molecule has 0 aliphatic carbocycles. The molecule has 0 aliphatic heterocycles. The number of carboxylic acid groups (broad SMARTS) is 1. The highest BCUT2D eigenvalue weighted by Crippen LogP contribution is 2.30. The van der Waals surface area contributed by atoms with Crippen molar-refractivity contribution in [2.75, 3.05) is 18.5 Å². The third-order valence-corrected chi connectivity index (χ3v) is 3.35. The van der Waals surface area contributed by atoms with E-state index in [-0.39, 0.29) is 15.4 Å². The number of hydrogen-bond donors (Lipinski definition) is 1. The van der Waals surface area contributed by atoms with Gasteiger partial charge >= 0.3 is 5.97 Å². The first-order chi connectivity index (χ1) is 7.20. The van der Waals surface area contributed by atoms with Gasteiger partial charge in [-0.05, 0) is 5.41 Å². The molecule has 1 aromatic rings. The molecule has 1 rings (SSSR count). The fourth-order valence-electron chi connectivity index (χ4n) is 1.37. The molecule has 0 unspecified atom stereocenters. The molecule has 0 amide bonds. The number of halogens is 1. The van der Waals surface area contributed by atoms with Crippen LogP contribution >= 0.6 is 22.9 Å². The van der Waals surface area contributed by atoms with Gasteiger partial charge in [-0.1, -0.05) is 43.7 Å². The summed E-state index contributed by atoms with van der Waals surface area (Å²) in [5, 5.41) is 9.56. The van der Waals surface area contributed by atoms with Crippen LogP contribution in [0.25, 0.3) is 0 Å². The molecule has 4 nitrogen and oxygen atoms in total. The van der Waals surface area contributed by atoms with Crippen molar-refractivity contribution in [3.63, 3.8) is 0 Å². The quantitative estimate of drug-likeness (QED) is 0.910. The van der Waals surface area contributed by atoms with Crippen molar-refractivity contribution in [2.24, 2.45) is 5.41 Å². The number of aromatic nitrogens is 1. The average molecular weight is 263 g/mol. The van der Waals surface area contributed by atoms with Crippen molar-refractivity contribution in [3.8, 4) is 0 Å². The molecule has 16 heavy (non-hydrogen) atoms. The van der Waals surface area contributed by atoms with Gasteiger partial charge in [-0.3, -0.25) is 0 Å². The zero-order chi connectivity index (χ0) is 12.5. The van der Waals surface area contributed by atoms with Gasteiger partial charge in [0.15, 0.2) is 15.2 Å². The molecule has 0 saturated heterocycles. The lowest BCUT2D eigenvalue weighted by Crippen LogP contribution is -2.28. The summed E-state index contributed by atoms with van der Waals surface area (Å²) in [6, 6.07) is 0. The lowest BCUT2D eigenvalue weighted by atomic mass is 9.96. The Morgan fingerprint density at radius 1 is 1.56 bits per heavy atom. The molecule has 0 aliphatic rings. The van der Waals surface area contributed by atoms with Crippen molar-refractivity contribution in [1.29, 1.82) is 0 Å². The van der Waals surface area contributed by atoms with Gasteiger partial charge in [0.2, 0.25) is 0 Å². The summed E-state index contributed by atoms with van der Waals surface area (Å²) < 4.78 is 0. The van der Waals surface area contributed by atoms with E-state index in [4.69, 9.17) is 16.7 Å². The van der Waals surface area contributed by atoms with Gasteiger partial charge in [0.05, 0.1) is 0 Å². The van der Waals surface area contributed by atoms with E-state index in [1.807, 2.05) is 11.9 Å². The Labute approximate surface area is 104 Å². The van der Waals surface area contributed by atoms with E-state index >= 15 is 0 Å². The van der Waals surface area contributed by atoms with E-state index in [1.54, 1.807) is 0 Å². The molecule has 1 N–H and O–H groups in total. The third-order valence-electron chi connectivity index (χ3n) is 1.81. The summed E-state index contributed by atoms with van der Waals surface area (Å²) in [6.07, 6.45) is 0. The SMILES string of the molecule is CN(CC(C)(C)C)c1nc(Cl)c(C(=O)O)s1. The number of carbonyl (C=O) groups is 1. The summed E-state index contributed by atoms with van der Waals surface area (Å²) >= 11 is 6.85. The highest BCUT2D eigenvalue weighted by Gasteiger charge is 2.20. The fraction of sp³-hybridized carbons (Fsp3) is 0.600. The molecule has 90 valence electrons. The highest BCUT2D eigenvalue weighted by atomic mass is 35.5. The number of aromatic carboxylic acids is 1. The summed E-state index contributed by atoms with van der Waals surface area (Å²) in [5.74, 6) is -1.03. The molecular weight excluding hydrogens is 248 g/mol. The van der Waals surface area contributed by atoms with Gasteiger partial charge in [-0.25, -0.2) is 9.78 Å².